The lowest BCUT2D eigenvalue weighted by molar-refractivity contribution is 0.0998. The fourth-order valence-corrected chi connectivity index (χ4v) is 2.01. The molecule has 0 atom stereocenters. The second-order valence-electron chi connectivity index (χ2n) is 4.27. The van der Waals surface area contributed by atoms with Gasteiger partial charge in [-0.05, 0) is 19.1 Å². The van der Waals surface area contributed by atoms with E-state index in [2.05, 4.69) is 15.1 Å². The summed E-state index contributed by atoms with van der Waals surface area (Å²) in [6, 6.07) is 6.65. The largest absolute Gasteiger partial charge is 0.438 e. The fraction of sp³-hybridized carbons (Fsp3) is 0.0769. The summed E-state index contributed by atoms with van der Waals surface area (Å²) < 4.78 is 7.19. The van der Waals surface area contributed by atoms with Gasteiger partial charge in [-0.25, -0.2) is 0 Å². The highest BCUT2D eigenvalue weighted by molar-refractivity contribution is 6.30. The number of aromatic nitrogens is 4. The Bertz CT molecular complexity index is 846. The minimum Gasteiger partial charge on any atom is -0.438 e. The normalized spacial score (nSPS) is 10.8. The molecule has 1 amide bonds. The van der Waals surface area contributed by atoms with Crippen LogP contribution in [0.15, 0.2) is 30.6 Å². The molecule has 21 heavy (non-hydrogen) atoms. The standard InChI is InChI=1S/C13H10ClN5O2/c1-7-10(14)18-13-16-6-17-19(13)12(7)21-9-5-3-2-4-8(9)11(15)20/h2-6H,1H3,(H2,15,20). The van der Waals surface area contributed by atoms with Gasteiger partial charge in [0.05, 0.1) is 5.56 Å². The number of nitrogens with two attached hydrogens (primary N) is 1. The first-order valence-electron chi connectivity index (χ1n) is 6.00. The van der Waals surface area contributed by atoms with Gasteiger partial charge in [-0.3, -0.25) is 4.79 Å². The number of hydrogen-bond donors (Lipinski definition) is 1. The zero-order chi connectivity index (χ0) is 15.0. The molecule has 0 bridgehead atoms. The molecular weight excluding hydrogens is 294 g/mol. The Kier molecular flexibility index (Phi) is 3.19. The van der Waals surface area contributed by atoms with Crippen molar-refractivity contribution in [3.05, 3.63) is 46.9 Å². The SMILES string of the molecule is Cc1c(Cl)nc2ncnn2c1Oc1ccccc1C(N)=O. The van der Waals surface area contributed by atoms with E-state index in [0.717, 1.165) is 0 Å². The number of halogens is 1. The molecule has 0 aliphatic rings. The Balaban J connectivity index is 2.17. The highest BCUT2D eigenvalue weighted by Gasteiger charge is 2.17. The maximum Gasteiger partial charge on any atom is 0.256 e. The number of benzene rings is 1. The summed E-state index contributed by atoms with van der Waals surface area (Å²) in [7, 11) is 0. The third-order valence-electron chi connectivity index (χ3n) is 2.91. The maximum atomic E-state index is 11.4. The second kappa shape index (κ2) is 5.02. The predicted octanol–water partition coefficient (Wildman–Crippen LogP) is 1.98. The van der Waals surface area contributed by atoms with Crippen molar-refractivity contribution in [2.45, 2.75) is 6.92 Å². The van der Waals surface area contributed by atoms with Crippen molar-refractivity contribution in [1.29, 1.82) is 0 Å². The molecule has 0 aliphatic heterocycles. The van der Waals surface area contributed by atoms with Gasteiger partial charge in [0.25, 0.3) is 11.7 Å². The molecular formula is C13H10ClN5O2. The van der Waals surface area contributed by atoms with Crippen molar-refractivity contribution < 1.29 is 9.53 Å². The van der Waals surface area contributed by atoms with E-state index < -0.39 is 5.91 Å². The lowest BCUT2D eigenvalue weighted by atomic mass is 10.2. The van der Waals surface area contributed by atoms with Crippen molar-refractivity contribution in [3.8, 4) is 11.6 Å². The number of hydrogen-bond acceptors (Lipinski definition) is 5. The average molecular weight is 304 g/mol. The first-order valence-corrected chi connectivity index (χ1v) is 6.38. The molecule has 2 aromatic heterocycles. The molecule has 0 saturated heterocycles. The lowest BCUT2D eigenvalue weighted by Gasteiger charge is -2.12. The van der Waals surface area contributed by atoms with Gasteiger partial charge in [0.1, 0.15) is 17.2 Å². The molecule has 0 spiro atoms. The maximum absolute atomic E-state index is 11.4. The van der Waals surface area contributed by atoms with E-state index in [1.165, 1.54) is 10.8 Å². The molecule has 2 heterocycles. The van der Waals surface area contributed by atoms with E-state index in [9.17, 15) is 4.79 Å². The topological polar surface area (TPSA) is 95.4 Å². The highest BCUT2D eigenvalue weighted by Crippen LogP contribution is 2.30. The highest BCUT2D eigenvalue weighted by atomic mass is 35.5. The van der Waals surface area contributed by atoms with Crippen molar-refractivity contribution in [3.63, 3.8) is 0 Å². The van der Waals surface area contributed by atoms with Crippen LogP contribution < -0.4 is 10.5 Å². The molecule has 0 aliphatic carbocycles. The number of para-hydroxylation sites is 1. The first-order chi connectivity index (χ1) is 10.1. The van der Waals surface area contributed by atoms with Crippen LogP contribution in [0.2, 0.25) is 5.15 Å². The second-order valence-corrected chi connectivity index (χ2v) is 4.63. The first kappa shape index (κ1) is 13.3. The van der Waals surface area contributed by atoms with Crippen LogP contribution in [-0.2, 0) is 0 Å². The van der Waals surface area contributed by atoms with Crippen LogP contribution in [0, 0.1) is 6.92 Å². The number of carbonyl (C=O) groups excluding carboxylic acids is 1. The molecule has 1 aromatic carbocycles. The predicted molar refractivity (Wildman–Crippen MR) is 75.6 cm³/mol. The van der Waals surface area contributed by atoms with Gasteiger partial charge in [-0.1, -0.05) is 23.7 Å². The Morgan fingerprint density at radius 1 is 1.38 bits per heavy atom. The number of carbonyl (C=O) groups is 1. The fourth-order valence-electron chi connectivity index (χ4n) is 1.86. The quantitative estimate of drug-likeness (QED) is 0.746. The third-order valence-corrected chi connectivity index (χ3v) is 3.28. The molecule has 0 radical (unpaired) electrons. The van der Waals surface area contributed by atoms with Crippen molar-refractivity contribution >= 4 is 23.3 Å². The molecule has 3 aromatic rings. The third kappa shape index (κ3) is 2.27. The zero-order valence-electron chi connectivity index (χ0n) is 10.9. The smallest absolute Gasteiger partial charge is 0.256 e. The minimum absolute atomic E-state index is 0.252. The van der Waals surface area contributed by atoms with Gasteiger partial charge >= 0.3 is 0 Å². The van der Waals surface area contributed by atoms with Gasteiger partial charge < -0.3 is 10.5 Å². The summed E-state index contributed by atoms with van der Waals surface area (Å²) in [5, 5.41) is 4.29. The molecule has 7 nitrogen and oxygen atoms in total. The summed E-state index contributed by atoms with van der Waals surface area (Å²) >= 11 is 6.05. The van der Waals surface area contributed by atoms with Crippen LogP contribution in [0.5, 0.6) is 11.6 Å². The van der Waals surface area contributed by atoms with Crippen molar-refractivity contribution in [2.24, 2.45) is 5.73 Å². The molecule has 0 fully saturated rings. The Morgan fingerprint density at radius 2 is 2.14 bits per heavy atom. The van der Waals surface area contributed by atoms with Crippen LogP contribution in [0.4, 0.5) is 0 Å². The van der Waals surface area contributed by atoms with E-state index in [4.69, 9.17) is 22.1 Å². The number of nitrogens with zero attached hydrogens (tertiary/aromatic N) is 4. The van der Waals surface area contributed by atoms with E-state index >= 15 is 0 Å². The van der Waals surface area contributed by atoms with Gasteiger partial charge in [-0.15, -0.1) is 0 Å². The van der Waals surface area contributed by atoms with Crippen molar-refractivity contribution in [1.82, 2.24) is 19.6 Å². The van der Waals surface area contributed by atoms with E-state index in [1.807, 2.05) is 0 Å². The van der Waals surface area contributed by atoms with Crippen molar-refractivity contribution in [2.75, 3.05) is 0 Å². The summed E-state index contributed by atoms with van der Waals surface area (Å²) in [6.07, 6.45) is 1.34. The molecule has 0 unspecified atom stereocenters. The van der Waals surface area contributed by atoms with Crippen LogP contribution in [0.25, 0.3) is 5.78 Å². The zero-order valence-corrected chi connectivity index (χ0v) is 11.7. The van der Waals surface area contributed by atoms with E-state index in [1.54, 1.807) is 31.2 Å². The van der Waals surface area contributed by atoms with Crippen LogP contribution in [-0.4, -0.2) is 25.5 Å². The molecule has 3 rings (SSSR count). The average Bonchev–Trinajstić information content (AvgIpc) is 2.92. The number of primary amides is 1. The Hall–Kier alpha value is -2.67. The molecule has 8 heteroatoms. The van der Waals surface area contributed by atoms with E-state index in [-0.39, 0.29) is 10.7 Å². The Labute approximate surface area is 124 Å². The molecule has 106 valence electrons. The summed E-state index contributed by atoms with van der Waals surface area (Å²) in [5.74, 6) is 0.360. The lowest BCUT2D eigenvalue weighted by Crippen LogP contribution is -2.12. The van der Waals surface area contributed by atoms with Gasteiger partial charge in [0, 0.05) is 5.56 Å². The number of amides is 1. The van der Waals surface area contributed by atoms with Crippen LogP contribution >= 0.6 is 11.6 Å². The summed E-state index contributed by atoms with van der Waals surface area (Å²) in [5.41, 5.74) is 6.18. The molecule has 0 saturated carbocycles. The van der Waals surface area contributed by atoms with Crippen LogP contribution in [0.3, 0.4) is 0 Å². The minimum atomic E-state index is -0.585. The molecule has 2 N–H and O–H groups in total. The monoisotopic (exact) mass is 303 g/mol. The summed E-state index contributed by atoms with van der Waals surface area (Å²) in [6.45, 7) is 1.73. The Morgan fingerprint density at radius 3 is 2.90 bits per heavy atom. The van der Waals surface area contributed by atoms with Gasteiger partial charge in [-0.2, -0.15) is 19.6 Å². The van der Waals surface area contributed by atoms with Crippen LogP contribution in [0.1, 0.15) is 15.9 Å². The van der Waals surface area contributed by atoms with E-state index in [0.29, 0.717) is 23.0 Å². The number of ether oxygens (including phenoxy) is 1. The number of fused-ring (bicyclic) bond motifs is 1. The summed E-state index contributed by atoms with van der Waals surface area (Å²) in [4.78, 5) is 19.5. The number of rotatable bonds is 3. The van der Waals surface area contributed by atoms with Gasteiger partial charge in [0.15, 0.2) is 0 Å². The van der Waals surface area contributed by atoms with Gasteiger partial charge in [0.2, 0.25) is 5.88 Å².